The molecule has 23 heavy (non-hydrogen) atoms. The van der Waals surface area contributed by atoms with Crippen LogP contribution in [0.3, 0.4) is 0 Å². The highest BCUT2D eigenvalue weighted by atomic mass is 16.5. The van der Waals surface area contributed by atoms with Crippen LogP contribution in [0.5, 0.6) is 5.88 Å². The molecule has 1 atom stereocenters. The second-order valence-electron chi connectivity index (χ2n) is 5.47. The van der Waals surface area contributed by atoms with Crippen molar-refractivity contribution < 1.29 is 9.53 Å². The molecule has 1 N–H and O–H groups in total. The quantitative estimate of drug-likeness (QED) is 0.806. The monoisotopic (exact) mass is 309 g/mol. The number of aromatic nitrogens is 2. The maximum atomic E-state index is 12.5. The molecule has 0 aliphatic carbocycles. The van der Waals surface area contributed by atoms with Crippen LogP contribution in [0.25, 0.3) is 10.9 Å². The molecule has 5 nitrogen and oxygen atoms in total. The maximum absolute atomic E-state index is 12.5. The van der Waals surface area contributed by atoms with E-state index in [4.69, 9.17) is 4.74 Å². The highest BCUT2D eigenvalue weighted by Gasteiger charge is 2.14. The molecule has 1 aromatic heterocycles. The smallest absolute Gasteiger partial charge is 0.251 e. The van der Waals surface area contributed by atoms with Gasteiger partial charge in [0.2, 0.25) is 5.88 Å². The van der Waals surface area contributed by atoms with E-state index >= 15 is 0 Å². The van der Waals surface area contributed by atoms with E-state index in [2.05, 4.69) is 10.4 Å². The summed E-state index contributed by atoms with van der Waals surface area (Å²) in [4.78, 5) is 12.5. The summed E-state index contributed by atoms with van der Waals surface area (Å²) in [6.07, 6.45) is 0. The number of methoxy groups -OCH3 is 1. The Bertz CT molecular complexity index is 840. The Labute approximate surface area is 134 Å². The van der Waals surface area contributed by atoms with Crippen molar-refractivity contribution in [2.24, 2.45) is 7.05 Å². The first-order valence-corrected chi connectivity index (χ1v) is 7.46. The molecule has 118 valence electrons. The van der Waals surface area contributed by atoms with Crippen molar-refractivity contribution >= 4 is 16.8 Å². The zero-order chi connectivity index (χ0) is 16.4. The molecule has 0 saturated heterocycles. The van der Waals surface area contributed by atoms with E-state index < -0.39 is 0 Å². The van der Waals surface area contributed by atoms with E-state index in [1.807, 2.05) is 50.4 Å². The third-order valence-corrected chi connectivity index (χ3v) is 3.88. The van der Waals surface area contributed by atoms with Gasteiger partial charge >= 0.3 is 0 Å². The summed E-state index contributed by atoms with van der Waals surface area (Å²) in [5, 5.41) is 8.28. The Hall–Kier alpha value is -2.82. The molecule has 0 spiro atoms. The lowest BCUT2D eigenvalue weighted by Gasteiger charge is -2.14. The van der Waals surface area contributed by atoms with E-state index in [1.165, 1.54) is 0 Å². The van der Waals surface area contributed by atoms with Gasteiger partial charge in [0.15, 0.2) is 0 Å². The molecule has 1 amide bonds. The van der Waals surface area contributed by atoms with Gasteiger partial charge in [-0.05, 0) is 30.7 Å². The molecule has 0 aliphatic rings. The molecule has 0 saturated carbocycles. The van der Waals surface area contributed by atoms with Crippen molar-refractivity contribution in [3.05, 3.63) is 59.7 Å². The third kappa shape index (κ3) is 2.90. The van der Waals surface area contributed by atoms with Crippen molar-refractivity contribution in [3.63, 3.8) is 0 Å². The zero-order valence-electron chi connectivity index (χ0n) is 13.4. The minimum absolute atomic E-state index is 0.0577. The van der Waals surface area contributed by atoms with Crippen LogP contribution < -0.4 is 10.1 Å². The first-order chi connectivity index (χ1) is 11.1. The number of nitrogens with one attached hydrogen (secondary N) is 1. The average Bonchev–Trinajstić information content (AvgIpc) is 2.89. The van der Waals surface area contributed by atoms with Gasteiger partial charge in [0.05, 0.1) is 24.1 Å². The Morgan fingerprint density at radius 1 is 1.22 bits per heavy atom. The summed E-state index contributed by atoms with van der Waals surface area (Å²) < 4.78 is 6.99. The number of amides is 1. The van der Waals surface area contributed by atoms with Gasteiger partial charge in [-0.1, -0.05) is 30.3 Å². The summed E-state index contributed by atoms with van der Waals surface area (Å²) >= 11 is 0. The number of fused-ring (bicyclic) bond motifs is 1. The first kappa shape index (κ1) is 15.1. The van der Waals surface area contributed by atoms with Gasteiger partial charge in [-0.2, -0.15) is 5.10 Å². The van der Waals surface area contributed by atoms with Crippen molar-refractivity contribution in [1.82, 2.24) is 15.1 Å². The molecule has 0 aliphatic heterocycles. The first-order valence-electron chi connectivity index (χ1n) is 7.46. The Morgan fingerprint density at radius 2 is 1.96 bits per heavy atom. The maximum Gasteiger partial charge on any atom is 0.251 e. The van der Waals surface area contributed by atoms with Crippen LogP contribution in [0.15, 0.2) is 48.5 Å². The Kier molecular flexibility index (Phi) is 4.02. The van der Waals surface area contributed by atoms with Gasteiger partial charge in [-0.3, -0.25) is 4.79 Å². The predicted octanol–water partition coefficient (Wildman–Crippen LogP) is 3.07. The van der Waals surface area contributed by atoms with Crippen LogP contribution in [-0.2, 0) is 7.05 Å². The van der Waals surface area contributed by atoms with Crippen molar-refractivity contribution in [2.45, 2.75) is 13.0 Å². The number of nitrogens with zero attached hydrogens (tertiary/aromatic N) is 2. The number of carbonyl (C=O) groups is 1. The standard InChI is InChI=1S/C18H19N3O2/c1-12(13-7-5-4-6-8-13)19-17(22)14-9-10-15-16(11-14)20-21(2)18(15)23-3/h4-12H,1-3H3,(H,19,22). The van der Waals surface area contributed by atoms with Crippen molar-refractivity contribution in [2.75, 3.05) is 7.11 Å². The summed E-state index contributed by atoms with van der Waals surface area (Å²) in [6, 6.07) is 15.3. The van der Waals surface area contributed by atoms with Gasteiger partial charge in [0.1, 0.15) is 0 Å². The molecule has 3 rings (SSSR count). The molecule has 0 bridgehead atoms. The Balaban J connectivity index is 1.84. The Morgan fingerprint density at radius 3 is 2.65 bits per heavy atom. The number of benzene rings is 2. The van der Waals surface area contributed by atoms with Gasteiger partial charge in [0, 0.05) is 12.6 Å². The van der Waals surface area contributed by atoms with Crippen LogP contribution >= 0.6 is 0 Å². The summed E-state index contributed by atoms with van der Waals surface area (Å²) in [5.74, 6) is 0.567. The fourth-order valence-corrected chi connectivity index (χ4v) is 2.66. The summed E-state index contributed by atoms with van der Waals surface area (Å²) in [7, 11) is 3.43. The predicted molar refractivity (Wildman–Crippen MR) is 89.6 cm³/mol. The minimum atomic E-state index is -0.118. The SMILES string of the molecule is COc1c2ccc(C(=O)NC(C)c3ccccc3)cc2nn1C. The van der Waals surface area contributed by atoms with E-state index in [0.29, 0.717) is 11.4 Å². The van der Waals surface area contributed by atoms with Crippen LogP contribution in [0.1, 0.15) is 28.9 Å². The van der Waals surface area contributed by atoms with Gasteiger partial charge < -0.3 is 10.1 Å². The molecule has 0 radical (unpaired) electrons. The van der Waals surface area contributed by atoms with E-state index in [1.54, 1.807) is 23.9 Å². The second kappa shape index (κ2) is 6.12. The number of ether oxygens (including phenoxy) is 1. The fraction of sp³-hybridized carbons (Fsp3) is 0.222. The topological polar surface area (TPSA) is 56.1 Å². The van der Waals surface area contributed by atoms with Crippen LogP contribution in [0.2, 0.25) is 0 Å². The molecule has 5 heteroatoms. The largest absolute Gasteiger partial charge is 0.481 e. The minimum Gasteiger partial charge on any atom is -0.481 e. The van der Waals surface area contributed by atoms with E-state index in [-0.39, 0.29) is 11.9 Å². The number of hydrogen-bond acceptors (Lipinski definition) is 3. The normalized spacial score (nSPS) is 12.1. The number of rotatable bonds is 4. The van der Waals surface area contributed by atoms with Crippen molar-refractivity contribution in [1.29, 1.82) is 0 Å². The van der Waals surface area contributed by atoms with Crippen LogP contribution in [-0.4, -0.2) is 22.8 Å². The van der Waals surface area contributed by atoms with Crippen LogP contribution in [0, 0.1) is 0 Å². The van der Waals surface area contributed by atoms with Crippen LogP contribution in [0.4, 0.5) is 0 Å². The van der Waals surface area contributed by atoms with Gasteiger partial charge in [0.25, 0.3) is 5.91 Å². The summed E-state index contributed by atoms with van der Waals surface area (Å²) in [6.45, 7) is 1.97. The van der Waals surface area contributed by atoms with Gasteiger partial charge in [-0.15, -0.1) is 0 Å². The van der Waals surface area contributed by atoms with E-state index in [0.717, 1.165) is 16.5 Å². The molecule has 2 aromatic carbocycles. The highest BCUT2D eigenvalue weighted by Crippen LogP contribution is 2.25. The van der Waals surface area contributed by atoms with E-state index in [9.17, 15) is 4.79 Å². The molecule has 3 aromatic rings. The molecule has 0 fully saturated rings. The fourth-order valence-electron chi connectivity index (χ4n) is 2.66. The lowest BCUT2D eigenvalue weighted by atomic mass is 10.1. The molecular formula is C18H19N3O2. The number of hydrogen-bond donors (Lipinski definition) is 1. The third-order valence-electron chi connectivity index (χ3n) is 3.88. The molecular weight excluding hydrogens is 290 g/mol. The summed E-state index contributed by atoms with van der Waals surface area (Å²) in [5.41, 5.74) is 2.40. The molecule has 1 heterocycles. The number of carbonyl (C=O) groups excluding carboxylic acids is 1. The molecule has 1 unspecified atom stereocenters. The lowest BCUT2D eigenvalue weighted by Crippen LogP contribution is -2.26. The zero-order valence-corrected chi connectivity index (χ0v) is 13.4. The van der Waals surface area contributed by atoms with Gasteiger partial charge in [-0.25, -0.2) is 4.68 Å². The lowest BCUT2D eigenvalue weighted by molar-refractivity contribution is 0.0940. The number of aryl methyl sites for hydroxylation is 1. The average molecular weight is 309 g/mol. The van der Waals surface area contributed by atoms with Crippen molar-refractivity contribution in [3.8, 4) is 5.88 Å². The highest BCUT2D eigenvalue weighted by molar-refractivity contribution is 5.98. The second-order valence-corrected chi connectivity index (χ2v) is 5.47.